The molecule has 35 heavy (non-hydrogen) atoms. The van der Waals surface area contributed by atoms with Gasteiger partial charge in [-0.3, -0.25) is 14.2 Å². The first kappa shape index (κ1) is 24.2. The number of hydrogen-bond acceptors (Lipinski definition) is 7. The van der Waals surface area contributed by atoms with Gasteiger partial charge >= 0.3 is 5.97 Å². The summed E-state index contributed by atoms with van der Waals surface area (Å²) in [5, 5.41) is 12.5. The average molecular weight is 492 g/mol. The number of amides is 1. The SMILES string of the molecule is CCC(C(=O)Nc1ccc(O)cc1)n1cnc2sc(C(=O)OCCc3ccccc3)c(C)c2c1=O. The number of aromatic nitrogens is 2. The van der Waals surface area contributed by atoms with E-state index in [1.807, 2.05) is 30.3 Å². The minimum absolute atomic E-state index is 0.0863. The Morgan fingerprint density at radius 2 is 1.86 bits per heavy atom. The molecule has 2 heterocycles. The molecule has 0 fully saturated rings. The van der Waals surface area contributed by atoms with Crippen LogP contribution in [0.25, 0.3) is 10.2 Å². The maximum atomic E-state index is 13.4. The number of nitrogens with one attached hydrogen (secondary N) is 1. The van der Waals surface area contributed by atoms with Crippen LogP contribution in [-0.2, 0) is 16.0 Å². The zero-order valence-electron chi connectivity index (χ0n) is 19.4. The Morgan fingerprint density at radius 3 is 2.54 bits per heavy atom. The largest absolute Gasteiger partial charge is 0.508 e. The van der Waals surface area contributed by atoms with Gasteiger partial charge in [0.1, 0.15) is 21.5 Å². The fraction of sp³-hybridized carbons (Fsp3) is 0.231. The smallest absolute Gasteiger partial charge is 0.348 e. The van der Waals surface area contributed by atoms with Crippen molar-refractivity contribution >= 4 is 39.1 Å². The fourth-order valence-corrected chi connectivity index (χ4v) is 4.84. The molecular formula is C26H25N3O5S. The number of anilines is 1. The van der Waals surface area contributed by atoms with Crippen LogP contribution in [0.3, 0.4) is 0 Å². The van der Waals surface area contributed by atoms with Crippen LogP contribution in [-0.4, -0.2) is 33.1 Å². The predicted octanol–water partition coefficient (Wildman–Crippen LogP) is 4.46. The summed E-state index contributed by atoms with van der Waals surface area (Å²) in [6.45, 7) is 3.72. The molecule has 4 rings (SSSR count). The third-order valence-electron chi connectivity index (χ3n) is 5.69. The molecule has 0 bridgehead atoms. The van der Waals surface area contributed by atoms with Crippen molar-refractivity contribution in [3.05, 3.63) is 87.3 Å². The predicted molar refractivity (Wildman–Crippen MR) is 135 cm³/mol. The number of hydrogen-bond donors (Lipinski definition) is 2. The Kier molecular flexibility index (Phi) is 7.26. The molecule has 4 aromatic rings. The van der Waals surface area contributed by atoms with E-state index in [1.54, 1.807) is 26.0 Å². The van der Waals surface area contributed by atoms with E-state index in [0.29, 0.717) is 39.2 Å². The van der Waals surface area contributed by atoms with E-state index < -0.39 is 12.0 Å². The Bertz CT molecular complexity index is 1410. The molecule has 9 heteroatoms. The van der Waals surface area contributed by atoms with Gasteiger partial charge in [0.25, 0.3) is 5.56 Å². The summed E-state index contributed by atoms with van der Waals surface area (Å²) in [5.41, 5.74) is 1.67. The lowest BCUT2D eigenvalue weighted by Gasteiger charge is -2.17. The number of carbonyl (C=O) groups is 2. The number of fused-ring (bicyclic) bond motifs is 1. The van der Waals surface area contributed by atoms with E-state index in [0.717, 1.165) is 16.9 Å². The highest BCUT2D eigenvalue weighted by molar-refractivity contribution is 7.20. The molecule has 2 aromatic carbocycles. The number of benzene rings is 2. The first-order valence-corrected chi connectivity index (χ1v) is 12.0. The molecule has 0 saturated carbocycles. The van der Waals surface area contributed by atoms with Crippen molar-refractivity contribution in [1.82, 2.24) is 9.55 Å². The molecule has 0 aliphatic heterocycles. The number of ether oxygens (including phenoxy) is 1. The molecular weight excluding hydrogens is 466 g/mol. The number of aromatic hydroxyl groups is 1. The highest BCUT2D eigenvalue weighted by atomic mass is 32.1. The number of phenols is 1. The number of carbonyl (C=O) groups excluding carboxylic acids is 2. The summed E-state index contributed by atoms with van der Waals surface area (Å²) in [4.78, 5) is 44.1. The Morgan fingerprint density at radius 1 is 1.14 bits per heavy atom. The molecule has 2 aromatic heterocycles. The van der Waals surface area contributed by atoms with Gasteiger partial charge in [0.2, 0.25) is 5.91 Å². The van der Waals surface area contributed by atoms with Gasteiger partial charge in [0.05, 0.1) is 18.3 Å². The van der Waals surface area contributed by atoms with Gasteiger partial charge in [0.15, 0.2) is 0 Å². The van der Waals surface area contributed by atoms with Crippen LogP contribution < -0.4 is 10.9 Å². The molecule has 2 N–H and O–H groups in total. The van der Waals surface area contributed by atoms with Crippen molar-refractivity contribution in [2.75, 3.05) is 11.9 Å². The number of phenolic OH excluding ortho intramolecular Hbond substituents is 1. The summed E-state index contributed by atoms with van der Waals surface area (Å²) in [6, 6.07) is 15.0. The van der Waals surface area contributed by atoms with Crippen molar-refractivity contribution in [3.63, 3.8) is 0 Å². The summed E-state index contributed by atoms with van der Waals surface area (Å²) in [6.07, 6.45) is 2.29. The first-order chi connectivity index (χ1) is 16.9. The van der Waals surface area contributed by atoms with Gasteiger partial charge in [-0.2, -0.15) is 0 Å². The second-order valence-electron chi connectivity index (χ2n) is 8.03. The average Bonchev–Trinajstić information content (AvgIpc) is 3.20. The summed E-state index contributed by atoms with van der Waals surface area (Å²) in [7, 11) is 0. The van der Waals surface area contributed by atoms with Gasteiger partial charge in [-0.25, -0.2) is 9.78 Å². The second-order valence-corrected chi connectivity index (χ2v) is 9.02. The van der Waals surface area contributed by atoms with E-state index in [9.17, 15) is 19.5 Å². The van der Waals surface area contributed by atoms with E-state index in [4.69, 9.17) is 4.74 Å². The quantitative estimate of drug-likeness (QED) is 0.278. The number of esters is 1. The maximum absolute atomic E-state index is 13.4. The number of thiophene rings is 1. The van der Waals surface area contributed by atoms with E-state index in [-0.39, 0.29) is 23.8 Å². The van der Waals surface area contributed by atoms with Crippen LogP contribution in [0.2, 0.25) is 0 Å². The summed E-state index contributed by atoms with van der Waals surface area (Å²) in [5.74, 6) is -0.789. The Balaban J connectivity index is 1.55. The van der Waals surface area contributed by atoms with Gasteiger partial charge in [0, 0.05) is 12.1 Å². The third kappa shape index (κ3) is 5.25. The molecule has 0 radical (unpaired) electrons. The highest BCUT2D eigenvalue weighted by Crippen LogP contribution is 2.28. The lowest BCUT2D eigenvalue weighted by Crippen LogP contribution is -2.33. The summed E-state index contributed by atoms with van der Waals surface area (Å²) < 4.78 is 6.74. The van der Waals surface area contributed by atoms with Gasteiger partial charge in [-0.05, 0) is 48.7 Å². The fourth-order valence-electron chi connectivity index (χ4n) is 3.80. The number of rotatable bonds is 8. The monoisotopic (exact) mass is 491 g/mol. The van der Waals surface area contributed by atoms with Gasteiger partial charge in [-0.15, -0.1) is 11.3 Å². The number of nitrogens with zero attached hydrogens (tertiary/aromatic N) is 2. The van der Waals surface area contributed by atoms with Crippen molar-refractivity contribution in [3.8, 4) is 5.75 Å². The van der Waals surface area contributed by atoms with Crippen molar-refractivity contribution in [1.29, 1.82) is 0 Å². The lowest BCUT2D eigenvalue weighted by molar-refractivity contribution is -0.119. The van der Waals surface area contributed by atoms with Crippen LogP contribution in [0.5, 0.6) is 5.75 Å². The van der Waals surface area contributed by atoms with Gasteiger partial charge in [-0.1, -0.05) is 37.3 Å². The molecule has 0 saturated heterocycles. The maximum Gasteiger partial charge on any atom is 0.348 e. The minimum Gasteiger partial charge on any atom is -0.508 e. The molecule has 0 aliphatic carbocycles. The zero-order valence-corrected chi connectivity index (χ0v) is 20.2. The third-order valence-corrected chi connectivity index (χ3v) is 6.87. The molecule has 1 unspecified atom stereocenters. The molecule has 0 aliphatic rings. The standard InChI is InChI=1S/C26H25N3O5S/c1-3-20(23(31)28-18-9-11-19(30)12-10-18)29-15-27-24-21(25(29)32)16(2)22(35-24)26(33)34-14-13-17-7-5-4-6-8-17/h4-12,15,20,30H,3,13-14H2,1-2H3,(H,28,31). The van der Waals surface area contributed by atoms with Crippen LogP contribution >= 0.6 is 11.3 Å². The van der Waals surface area contributed by atoms with Crippen LogP contribution in [0.4, 0.5) is 5.69 Å². The van der Waals surface area contributed by atoms with Crippen LogP contribution in [0.15, 0.2) is 65.7 Å². The molecule has 1 atom stereocenters. The number of aryl methyl sites for hydroxylation is 1. The van der Waals surface area contributed by atoms with E-state index in [2.05, 4.69) is 10.3 Å². The van der Waals surface area contributed by atoms with E-state index >= 15 is 0 Å². The van der Waals surface area contributed by atoms with E-state index in [1.165, 1.54) is 23.0 Å². The normalized spacial score (nSPS) is 11.8. The molecule has 180 valence electrons. The Labute approximate surface area is 205 Å². The molecule has 0 spiro atoms. The van der Waals surface area contributed by atoms with Crippen LogP contribution in [0.1, 0.15) is 40.2 Å². The van der Waals surface area contributed by atoms with Crippen molar-refractivity contribution < 1.29 is 19.4 Å². The topological polar surface area (TPSA) is 111 Å². The molecule has 1 amide bonds. The zero-order chi connectivity index (χ0) is 24.9. The first-order valence-electron chi connectivity index (χ1n) is 11.2. The summed E-state index contributed by atoms with van der Waals surface area (Å²) >= 11 is 1.11. The lowest BCUT2D eigenvalue weighted by atomic mass is 10.1. The highest BCUT2D eigenvalue weighted by Gasteiger charge is 2.25. The van der Waals surface area contributed by atoms with Crippen molar-refractivity contribution in [2.24, 2.45) is 0 Å². The minimum atomic E-state index is -0.797. The van der Waals surface area contributed by atoms with Crippen molar-refractivity contribution in [2.45, 2.75) is 32.7 Å². The molecule has 8 nitrogen and oxygen atoms in total. The van der Waals surface area contributed by atoms with Gasteiger partial charge < -0.3 is 15.2 Å². The Hall–Kier alpha value is -3.98. The van der Waals surface area contributed by atoms with Crippen LogP contribution in [0, 0.1) is 6.92 Å². The second kappa shape index (κ2) is 10.5.